The first-order valence-corrected chi connectivity index (χ1v) is 18.1. The second-order valence-electron chi connectivity index (χ2n) is 13.6. The Balaban J connectivity index is 1.30. The third kappa shape index (κ3) is 9.27. The van der Waals surface area contributed by atoms with E-state index in [1.54, 1.807) is 33.6 Å². The number of aryl methyl sites for hydroxylation is 2. The van der Waals surface area contributed by atoms with Crippen molar-refractivity contribution in [2.75, 3.05) is 52.4 Å². The molecule has 5 rings (SSSR count). The molecule has 1 fully saturated rings. The molecular weight excluding hydrogens is 633 g/mol. The van der Waals surface area contributed by atoms with E-state index in [4.69, 9.17) is 19.9 Å². The number of piperidine rings is 1. The van der Waals surface area contributed by atoms with Crippen LogP contribution in [-0.4, -0.2) is 58.5 Å². The van der Waals surface area contributed by atoms with Crippen molar-refractivity contribution in [3.05, 3.63) is 131 Å². The number of dihydropyridines is 1. The summed E-state index contributed by atoms with van der Waals surface area (Å²) in [6, 6.07) is 20.0. The lowest BCUT2D eigenvalue weighted by Gasteiger charge is -2.40. The van der Waals surface area contributed by atoms with Crippen LogP contribution in [-0.2, 0) is 6.42 Å². The zero-order valence-electron chi connectivity index (χ0n) is 31.4. The van der Waals surface area contributed by atoms with Crippen molar-refractivity contribution >= 4 is 17.3 Å². The average Bonchev–Trinajstić information content (AvgIpc) is 3.17. The van der Waals surface area contributed by atoms with Crippen molar-refractivity contribution in [3.63, 3.8) is 0 Å². The van der Waals surface area contributed by atoms with Gasteiger partial charge in [-0.3, -0.25) is 4.90 Å². The van der Waals surface area contributed by atoms with Gasteiger partial charge in [0.05, 0.1) is 27.4 Å². The Morgan fingerprint density at radius 3 is 2.41 bits per heavy atom. The van der Waals surface area contributed by atoms with Crippen LogP contribution < -0.4 is 30.2 Å². The minimum atomic E-state index is 0.197. The van der Waals surface area contributed by atoms with Crippen LogP contribution in [0.3, 0.4) is 0 Å². The maximum atomic E-state index is 6.33. The van der Waals surface area contributed by atoms with Gasteiger partial charge in [-0.05, 0) is 127 Å². The van der Waals surface area contributed by atoms with Gasteiger partial charge in [0, 0.05) is 43.5 Å². The molecule has 0 bridgehead atoms. The fourth-order valence-electron chi connectivity index (χ4n) is 7.27. The monoisotopic (exact) mass is 688 g/mol. The molecule has 3 N–H and O–H groups in total. The second-order valence-corrected chi connectivity index (χ2v) is 13.6. The van der Waals surface area contributed by atoms with Gasteiger partial charge in [0.25, 0.3) is 0 Å². The van der Waals surface area contributed by atoms with Crippen LogP contribution in [0.5, 0.6) is 17.2 Å². The van der Waals surface area contributed by atoms with Crippen LogP contribution in [0, 0.1) is 6.92 Å². The fourth-order valence-corrected chi connectivity index (χ4v) is 7.27. The molecule has 1 atom stereocenters. The summed E-state index contributed by atoms with van der Waals surface area (Å²) in [7, 11) is 5.01. The number of allylic oxidation sites excluding steroid dienone is 1. The minimum Gasteiger partial charge on any atom is -0.497 e. The van der Waals surface area contributed by atoms with Crippen LogP contribution in [0.25, 0.3) is 11.6 Å². The standard InChI is InChI=1S/C44H56N4O3/c1-8-10-36-11-12-37(24-32(36)4)42-25-33(17-20-46-42)29-47-21-18-40(19-22-47)48(39-13-15-41(49-5)16-14-39)30-34(28-45)23-31(3)38-26-35(9-2)44(51-7)43(27-38)50-6/h9,11-17,20,23-28,40,42,46H,2,8,10,18-19,21-22,29-30,45H2,1,3-7H3/b31-23+,34-28+. The van der Waals surface area contributed by atoms with Gasteiger partial charge < -0.3 is 30.2 Å². The number of anilines is 1. The normalized spacial score (nSPS) is 17.1. The van der Waals surface area contributed by atoms with Gasteiger partial charge in [0.15, 0.2) is 11.5 Å². The van der Waals surface area contributed by atoms with Crippen LogP contribution in [0.15, 0.2) is 103 Å². The molecule has 0 saturated carbocycles. The molecule has 0 spiro atoms. The molecule has 0 amide bonds. The van der Waals surface area contributed by atoms with Crippen molar-refractivity contribution in [1.29, 1.82) is 0 Å². The topological polar surface area (TPSA) is 72.2 Å². The largest absolute Gasteiger partial charge is 0.497 e. The van der Waals surface area contributed by atoms with Crippen molar-refractivity contribution in [2.45, 2.75) is 58.5 Å². The van der Waals surface area contributed by atoms with Gasteiger partial charge in [0.2, 0.25) is 0 Å². The highest BCUT2D eigenvalue weighted by molar-refractivity contribution is 5.74. The number of rotatable bonds is 15. The number of hydrogen-bond acceptors (Lipinski definition) is 7. The SMILES string of the molecule is C=Cc1cc(/C(C)=C/C(=C\N)CN(c2ccc(OC)cc2)C2CCN(CC3=CC(c4ccc(CCC)c(C)c4)NC=C3)CC2)cc(OC)c1OC. The molecule has 1 saturated heterocycles. The molecule has 270 valence electrons. The highest BCUT2D eigenvalue weighted by Gasteiger charge is 2.26. The van der Waals surface area contributed by atoms with E-state index >= 15 is 0 Å². The summed E-state index contributed by atoms with van der Waals surface area (Å²) in [4.78, 5) is 5.10. The molecule has 7 heteroatoms. The van der Waals surface area contributed by atoms with Gasteiger partial charge in [-0.1, -0.05) is 56.4 Å². The van der Waals surface area contributed by atoms with E-state index in [-0.39, 0.29) is 6.04 Å². The van der Waals surface area contributed by atoms with Gasteiger partial charge in [-0.25, -0.2) is 0 Å². The number of nitrogens with two attached hydrogens (primary N) is 1. The summed E-state index contributed by atoms with van der Waals surface area (Å²) in [5.41, 5.74) is 17.0. The summed E-state index contributed by atoms with van der Waals surface area (Å²) in [6.45, 7) is 14.2. The molecule has 1 unspecified atom stereocenters. The quantitative estimate of drug-likeness (QED) is 0.155. The maximum absolute atomic E-state index is 6.33. The Morgan fingerprint density at radius 1 is 1.02 bits per heavy atom. The van der Waals surface area contributed by atoms with Crippen molar-refractivity contribution in [1.82, 2.24) is 10.2 Å². The van der Waals surface area contributed by atoms with Crippen LogP contribution in [0.2, 0.25) is 0 Å². The third-order valence-corrected chi connectivity index (χ3v) is 10.2. The van der Waals surface area contributed by atoms with Crippen molar-refractivity contribution in [3.8, 4) is 17.2 Å². The first-order valence-electron chi connectivity index (χ1n) is 18.1. The molecule has 0 radical (unpaired) electrons. The number of ether oxygens (including phenoxy) is 3. The molecule has 2 aliphatic heterocycles. The first kappa shape index (κ1) is 37.4. The highest BCUT2D eigenvalue weighted by Crippen LogP contribution is 2.36. The van der Waals surface area contributed by atoms with E-state index in [1.165, 1.54) is 28.7 Å². The maximum Gasteiger partial charge on any atom is 0.167 e. The van der Waals surface area contributed by atoms with Gasteiger partial charge in [-0.15, -0.1) is 0 Å². The zero-order chi connectivity index (χ0) is 36.3. The highest BCUT2D eigenvalue weighted by atomic mass is 16.5. The summed E-state index contributed by atoms with van der Waals surface area (Å²) < 4.78 is 16.7. The molecule has 0 aromatic heterocycles. The Hall–Kier alpha value is -4.88. The predicted octanol–water partition coefficient (Wildman–Crippen LogP) is 8.62. The number of benzene rings is 3. The Labute approximate surface area is 305 Å². The van der Waals surface area contributed by atoms with Crippen LogP contribution in [0.4, 0.5) is 5.69 Å². The molecule has 2 heterocycles. The molecule has 3 aromatic rings. The second kappa shape index (κ2) is 17.9. The van der Waals surface area contributed by atoms with E-state index in [1.807, 2.05) is 18.2 Å². The molecular formula is C44H56N4O3. The lowest BCUT2D eigenvalue weighted by molar-refractivity contribution is 0.225. The summed E-state index contributed by atoms with van der Waals surface area (Å²) in [6.07, 6.45) is 16.9. The third-order valence-electron chi connectivity index (χ3n) is 10.2. The van der Waals surface area contributed by atoms with Crippen molar-refractivity contribution < 1.29 is 14.2 Å². The molecule has 7 nitrogen and oxygen atoms in total. The first-order chi connectivity index (χ1) is 24.8. The van der Waals surface area contributed by atoms with Crippen molar-refractivity contribution in [2.24, 2.45) is 5.73 Å². The lowest BCUT2D eigenvalue weighted by Crippen LogP contribution is -2.46. The van der Waals surface area contributed by atoms with Gasteiger partial charge in [0.1, 0.15) is 5.75 Å². The Morgan fingerprint density at radius 2 is 1.78 bits per heavy atom. The molecule has 0 aliphatic carbocycles. The minimum absolute atomic E-state index is 0.197. The van der Waals surface area contributed by atoms with E-state index in [2.05, 4.69) is 103 Å². The fraction of sp³-hybridized carbons (Fsp3) is 0.364. The smallest absolute Gasteiger partial charge is 0.167 e. The summed E-state index contributed by atoms with van der Waals surface area (Å²) in [5, 5.41) is 3.57. The number of nitrogens with one attached hydrogen (secondary N) is 1. The number of methoxy groups -OCH3 is 3. The van der Waals surface area contributed by atoms with E-state index in [9.17, 15) is 0 Å². The zero-order valence-corrected chi connectivity index (χ0v) is 31.4. The lowest BCUT2D eigenvalue weighted by atomic mass is 9.95. The molecule has 51 heavy (non-hydrogen) atoms. The molecule has 2 aliphatic rings. The van der Waals surface area contributed by atoms with Crippen LogP contribution >= 0.6 is 0 Å². The molecule has 3 aromatic carbocycles. The van der Waals surface area contributed by atoms with E-state index < -0.39 is 0 Å². The number of hydrogen-bond donors (Lipinski definition) is 2. The Bertz CT molecular complexity index is 1760. The summed E-state index contributed by atoms with van der Waals surface area (Å²) in [5.74, 6) is 2.19. The summed E-state index contributed by atoms with van der Waals surface area (Å²) >= 11 is 0. The Kier molecular flexibility index (Phi) is 13.1. The number of nitrogens with zero attached hydrogens (tertiary/aromatic N) is 2. The van der Waals surface area contributed by atoms with Crippen LogP contribution in [0.1, 0.15) is 67.0 Å². The average molecular weight is 689 g/mol. The van der Waals surface area contributed by atoms with E-state index in [0.717, 1.165) is 72.6 Å². The van der Waals surface area contributed by atoms with Gasteiger partial charge in [-0.2, -0.15) is 0 Å². The van der Waals surface area contributed by atoms with E-state index in [0.29, 0.717) is 24.1 Å². The number of likely N-dealkylation sites (tertiary alicyclic amines) is 1. The predicted molar refractivity (Wildman–Crippen MR) is 214 cm³/mol. The van der Waals surface area contributed by atoms with Gasteiger partial charge >= 0.3 is 0 Å².